The van der Waals surface area contributed by atoms with E-state index in [1.165, 1.54) is 0 Å². The summed E-state index contributed by atoms with van der Waals surface area (Å²) in [6.07, 6.45) is 0. The van der Waals surface area contributed by atoms with Gasteiger partial charge in [0, 0.05) is 29.2 Å². The van der Waals surface area contributed by atoms with E-state index in [1.807, 2.05) is 31.2 Å². The van der Waals surface area contributed by atoms with Crippen LogP contribution in [0.4, 0.5) is 11.4 Å². The lowest BCUT2D eigenvalue weighted by atomic mass is 10.1. The number of hydrogen-bond acceptors (Lipinski definition) is 2. The topological polar surface area (TPSA) is 63.5 Å². The van der Waals surface area contributed by atoms with Crippen LogP contribution >= 0.6 is 15.9 Å². The summed E-state index contributed by atoms with van der Waals surface area (Å²) >= 11 is 3.49. The first-order valence-electron chi connectivity index (χ1n) is 6.75. The Morgan fingerprint density at radius 2 is 1.86 bits per heavy atom. The Morgan fingerprint density at radius 3 is 2.55 bits per heavy atom. The van der Waals surface area contributed by atoms with Crippen molar-refractivity contribution < 1.29 is 14.9 Å². The Morgan fingerprint density at radius 1 is 1.14 bits per heavy atom. The number of carboxylic acids is 1. The van der Waals surface area contributed by atoms with Gasteiger partial charge in [-0.1, -0.05) is 15.9 Å². The molecule has 0 spiro atoms. The molecule has 22 heavy (non-hydrogen) atoms. The van der Waals surface area contributed by atoms with E-state index < -0.39 is 5.97 Å². The summed E-state index contributed by atoms with van der Waals surface area (Å²) in [5.41, 5.74) is 4.16. The molecule has 0 amide bonds. The summed E-state index contributed by atoms with van der Waals surface area (Å²) in [6, 6.07) is 14.8. The van der Waals surface area contributed by atoms with Crippen LogP contribution in [0.1, 0.15) is 16.1 Å². The normalized spacial score (nSPS) is 10.6. The quantitative estimate of drug-likeness (QED) is 0.739. The van der Waals surface area contributed by atoms with Gasteiger partial charge in [-0.05, 0) is 36.4 Å². The number of carboxylic acid groups (broad SMARTS) is 1. The summed E-state index contributed by atoms with van der Waals surface area (Å²) < 4.78 is 1.00. The molecule has 3 aromatic rings. The molecule has 0 bridgehead atoms. The highest BCUT2D eigenvalue weighted by Gasteiger charge is 2.10. The third-order valence-corrected chi connectivity index (χ3v) is 3.87. The van der Waals surface area contributed by atoms with Crippen LogP contribution in [0.2, 0.25) is 0 Å². The molecule has 0 saturated heterocycles. The predicted molar refractivity (Wildman–Crippen MR) is 89.6 cm³/mol. The molecule has 1 heterocycles. The third kappa shape index (κ3) is 2.94. The standard InChI is InChI=1S/C17H13BrN2O2/c1-10-8-16(14-9-12(18)4-7-15(14)19-10)20-13-5-2-11(3-6-13)17(21)22/h2-9H,1H3,(H,19,20)(H,21,22)/p+1. The van der Waals surface area contributed by atoms with Crippen LogP contribution in [-0.4, -0.2) is 11.1 Å². The van der Waals surface area contributed by atoms with Crippen molar-refractivity contribution in [3.63, 3.8) is 0 Å². The number of nitrogens with one attached hydrogen (secondary N) is 2. The highest BCUT2D eigenvalue weighted by molar-refractivity contribution is 9.10. The zero-order chi connectivity index (χ0) is 15.7. The molecular weight excluding hydrogens is 344 g/mol. The number of halogens is 1. The summed E-state index contributed by atoms with van der Waals surface area (Å²) in [4.78, 5) is 14.2. The van der Waals surface area contributed by atoms with Gasteiger partial charge >= 0.3 is 5.97 Å². The number of anilines is 2. The predicted octanol–water partition coefficient (Wildman–Crippen LogP) is 4.17. The van der Waals surface area contributed by atoms with Crippen LogP contribution in [0, 0.1) is 6.92 Å². The fraction of sp³-hybridized carbons (Fsp3) is 0.0588. The van der Waals surface area contributed by atoms with Crippen molar-refractivity contribution in [3.05, 3.63) is 64.3 Å². The Hall–Kier alpha value is -2.40. The average Bonchev–Trinajstić information content (AvgIpc) is 2.48. The van der Waals surface area contributed by atoms with Crippen LogP contribution in [0.15, 0.2) is 53.0 Å². The molecule has 2 aromatic carbocycles. The van der Waals surface area contributed by atoms with Gasteiger partial charge < -0.3 is 10.4 Å². The van der Waals surface area contributed by atoms with Crippen LogP contribution < -0.4 is 10.3 Å². The van der Waals surface area contributed by atoms with Crippen molar-refractivity contribution in [1.29, 1.82) is 0 Å². The molecule has 0 aliphatic carbocycles. The summed E-state index contributed by atoms with van der Waals surface area (Å²) in [5.74, 6) is -0.925. The van der Waals surface area contributed by atoms with Gasteiger partial charge in [0.1, 0.15) is 0 Å². The monoisotopic (exact) mass is 357 g/mol. The minimum atomic E-state index is -0.925. The molecule has 4 nitrogen and oxygen atoms in total. The van der Waals surface area contributed by atoms with Crippen molar-refractivity contribution in [2.24, 2.45) is 0 Å². The number of H-pyrrole nitrogens is 1. The molecule has 0 aliphatic rings. The maximum Gasteiger partial charge on any atom is 0.335 e. The third-order valence-electron chi connectivity index (χ3n) is 3.38. The summed E-state index contributed by atoms with van der Waals surface area (Å²) in [7, 11) is 0. The highest BCUT2D eigenvalue weighted by atomic mass is 79.9. The van der Waals surface area contributed by atoms with Crippen molar-refractivity contribution in [1.82, 2.24) is 0 Å². The van der Waals surface area contributed by atoms with Gasteiger partial charge in [0.05, 0.1) is 16.6 Å². The number of carbonyl (C=O) groups is 1. The lowest BCUT2D eigenvalue weighted by molar-refractivity contribution is -0.354. The smallest absolute Gasteiger partial charge is 0.335 e. The van der Waals surface area contributed by atoms with Gasteiger partial charge in [-0.3, -0.25) is 0 Å². The molecular formula is C17H14BrN2O2+. The Balaban J connectivity index is 2.02. The fourth-order valence-corrected chi connectivity index (χ4v) is 2.71. The van der Waals surface area contributed by atoms with Crippen molar-refractivity contribution in [2.45, 2.75) is 6.92 Å². The van der Waals surface area contributed by atoms with Gasteiger partial charge in [-0.2, -0.15) is 0 Å². The summed E-state index contributed by atoms with van der Waals surface area (Å²) in [5, 5.41) is 13.3. The molecule has 0 aliphatic heterocycles. The fourth-order valence-electron chi connectivity index (χ4n) is 2.35. The Kier molecular flexibility index (Phi) is 3.81. The molecule has 3 N–H and O–H groups in total. The Bertz CT molecular complexity index is 860. The number of aromatic nitrogens is 1. The number of aromatic carboxylic acids is 1. The van der Waals surface area contributed by atoms with E-state index in [0.717, 1.165) is 32.4 Å². The van der Waals surface area contributed by atoms with E-state index in [4.69, 9.17) is 5.11 Å². The first-order chi connectivity index (χ1) is 10.5. The zero-order valence-electron chi connectivity index (χ0n) is 11.9. The van der Waals surface area contributed by atoms with E-state index in [-0.39, 0.29) is 5.56 Å². The molecule has 5 heteroatoms. The van der Waals surface area contributed by atoms with Crippen LogP contribution in [-0.2, 0) is 0 Å². The number of rotatable bonds is 3. The first kappa shape index (κ1) is 14.5. The van der Waals surface area contributed by atoms with Crippen LogP contribution in [0.25, 0.3) is 10.9 Å². The minimum absolute atomic E-state index is 0.274. The molecule has 0 atom stereocenters. The largest absolute Gasteiger partial charge is 0.478 e. The van der Waals surface area contributed by atoms with E-state index in [2.05, 4.69) is 26.2 Å². The number of fused-ring (bicyclic) bond motifs is 1. The lowest BCUT2D eigenvalue weighted by Gasteiger charge is -2.09. The number of pyridine rings is 1. The van der Waals surface area contributed by atoms with Crippen LogP contribution in [0.3, 0.4) is 0 Å². The molecule has 0 unspecified atom stereocenters. The van der Waals surface area contributed by atoms with E-state index in [0.29, 0.717) is 0 Å². The molecule has 3 rings (SSSR count). The summed E-state index contributed by atoms with van der Waals surface area (Å²) in [6.45, 7) is 2.00. The second kappa shape index (κ2) is 5.77. The van der Waals surface area contributed by atoms with E-state index in [9.17, 15) is 4.79 Å². The number of aromatic amines is 1. The van der Waals surface area contributed by atoms with Gasteiger partial charge in [-0.15, -0.1) is 0 Å². The van der Waals surface area contributed by atoms with Crippen molar-refractivity contribution in [3.8, 4) is 0 Å². The first-order valence-corrected chi connectivity index (χ1v) is 7.55. The van der Waals surface area contributed by atoms with E-state index in [1.54, 1.807) is 24.3 Å². The van der Waals surface area contributed by atoms with Crippen LogP contribution in [0.5, 0.6) is 0 Å². The van der Waals surface area contributed by atoms with Gasteiger partial charge in [0.25, 0.3) is 0 Å². The molecule has 0 fully saturated rings. The highest BCUT2D eigenvalue weighted by Crippen LogP contribution is 2.27. The van der Waals surface area contributed by atoms with Crippen molar-refractivity contribution >= 4 is 44.2 Å². The zero-order valence-corrected chi connectivity index (χ0v) is 13.4. The van der Waals surface area contributed by atoms with Crippen molar-refractivity contribution in [2.75, 3.05) is 5.32 Å². The van der Waals surface area contributed by atoms with Gasteiger partial charge in [-0.25, -0.2) is 9.78 Å². The van der Waals surface area contributed by atoms with E-state index >= 15 is 0 Å². The Labute approximate surface area is 135 Å². The molecule has 0 radical (unpaired) electrons. The second-order valence-corrected chi connectivity index (χ2v) is 5.98. The maximum absolute atomic E-state index is 10.9. The molecule has 1 aromatic heterocycles. The minimum Gasteiger partial charge on any atom is -0.478 e. The number of hydrogen-bond donors (Lipinski definition) is 2. The SMILES string of the molecule is Cc1cc(Nc2ccc(C(=O)O)cc2)c2cc(Br)ccc2[nH+]1. The lowest BCUT2D eigenvalue weighted by Crippen LogP contribution is -2.09. The number of aryl methyl sites for hydroxylation is 1. The molecule has 0 saturated carbocycles. The van der Waals surface area contributed by atoms with Gasteiger partial charge in [0.2, 0.25) is 5.52 Å². The number of benzene rings is 2. The maximum atomic E-state index is 10.9. The second-order valence-electron chi connectivity index (χ2n) is 5.06. The van der Waals surface area contributed by atoms with Gasteiger partial charge in [0.15, 0.2) is 5.69 Å². The molecule has 110 valence electrons. The average molecular weight is 358 g/mol.